The monoisotopic (exact) mass is 178 g/mol. The second-order valence-corrected chi connectivity index (χ2v) is 4.25. The number of rotatable bonds is 1. The average molecular weight is 178 g/mol. The highest BCUT2D eigenvalue weighted by atomic mass is 16.5. The Kier molecular flexibility index (Phi) is 1.65. The quantitative estimate of drug-likeness (QED) is 0.708. The van der Waals surface area contributed by atoms with Crippen LogP contribution in [0.3, 0.4) is 0 Å². The Labute approximate surface area is 77.5 Å². The third-order valence-corrected chi connectivity index (χ3v) is 3.50. The van der Waals surface area contributed by atoms with Gasteiger partial charge in [0.2, 0.25) is 0 Å². The van der Waals surface area contributed by atoms with E-state index >= 15 is 0 Å². The molecule has 1 aliphatic heterocycles. The molecule has 0 spiro atoms. The molecule has 0 radical (unpaired) electrons. The second kappa shape index (κ2) is 2.84. The first kappa shape index (κ1) is 7.56. The van der Waals surface area contributed by atoms with E-state index in [0.717, 1.165) is 5.92 Å². The zero-order valence-electron chi connectivity index (χ0n) is 7.57. The lowest BCUT2D eigenvalue weighted by atomic mass is 9.97. The van der Waals surface area contributed by atoms with Gasteiger partial charge in [0.1, 0.15) is 6.26 Å². The van der Waals surface area contributed by atoms with Gasteiger partial charge in [-0.1, -0.05) is 5.16 Å². The van der Waals surface area contributed by atoms with E-state index in [1.54, 1.807) is 6.26 Å². The maximum Gasteiger partial charge on any atom is 0.127 e. The van der Waals surface area contributed by atoms with Crippen LogP contribution in [0.1, 0.15) is 30.7 Å². The van der Waals surface area contributed by atoms with Crippen LogP contribution in [0.4, 0.5) is 0 Å². The van der Waals surface area contributed by atoms with Gasteiger partial charge in [-0.2, -0.15) is 0 Å². The molecule has 1 saturated carbocycles. The molecular weight excluding hydrogens is 164 g/mol. The summed E-state index contributed by atoms with van der Waals surface area (Å²) in [7, 11) is 0. The number of nitrogens with zero attached hydrogens (tertiary/aromatic N) is 1. The van der Waals surface area contributed by atoms with E-state index in [0.29, 0.717) is 12.0 Å². The van der Waals surface area contributed by atoms with Gasteiger partial charge in [-0.3, -0.25) is 0 Å². The topological polar surface area (TPSA) is 38.1 Å². The van der Waals surface area contributed by atoms with Crippen molar-refractivity contribution in [1.82, 2.24) is 10.5 Å². The van der Waals surface area contributed by atoms with Crippen molar-refractivity contribution in [2.75, 3.05) is 6.54 Å². The van der Waals surface area contributed by atoms with Gasteiger partial charge in [-0.25, -0.2) is 0 Å². The molecule has 0 amide bonds. The molecule has 3 heteroatoms. The zero-order valence-corrected chi connectivity index (χ0v) is 7.57. The van der Waals surface area contributed by atoms with Crippen LogP contribution in [0.25, 0.3) is 0 Å². The van der Waals surface area contributed by atoms with Gasteiger partial charge in [0.05, 0.1) is 6.20 Å². The minimum atomic E-state index is 0.652. The summed E-state index contributed by atoms with van der Waals surface area (Å²) in [5, 5.41) is 7.36. The van der Waals surface area contributed by atoms with Gasteiger partial charge < -0.3 is 9.84 Å². The van der Waals surface area contributed by atoms with Crippen LogP contribution in [0.5, 0.6) is 0 Å². The van der Waals surface area contributed by atoms with Crippen molar-refractivity contribution in [3.63, 3.8) is 0 Å². The molecule has 2 fully saturated rings. The lowest BCUT2D eigenvalue weighted by Crippen LogP contribution is -2.34. The molecule has 1 saturated heterocycles. The summed E-state index contributed by atoms with van der Waals surface area (Å²) in [4.78, 5) is 0. The molecule has 1 aromatic rings. The molecule has 1 aromatic heterocycles. The molecule has 3 atom stereocenters. The first-order valence-electron chi connectivity index (χ1n) is 5.06. The number of nitrogens with one attached hydrogen (secondary N) is 1. The van der Waals surface area contributed by atoms with Crippen molar-refractivity contribution < 1.29 is 4.52 Å². The first-order chi connectivity index (χ1) is 6.43. The summed E-state index contributed by atoms with van der Waals surface area (Å²) in [5.41, 5.74) is 1.28. The minimum Gasteiger partial charge on any atom is -0.364 e. The van der Waals surface area contributed by atoms with Crippen LogP contribution in [-0.2, 0) is 0 Å². The van der Waals surface area contributed by atoms with Crippen LogP contribution in [0.2, 0.25) is 0 Å². The summed E-state index contributed by atoms with van der Waals surface area (Å²) in [6.45, 7) is 1.19. The lowest BCUT2D eigenvalue weighted by molar-refractivity contribution is 0.385. The molecule has 3 unspecified atom stereocenters. The largest absolute Gasteiger partial charge is 0.364 e. The predicted octanol–water partition coefficient (Wildman–Crippen LogP) is 1.53. The smallest absolute Gasteiger partial charge is 0.127 e. The van der Waals surface area contributed by atoms with E-state index in [1.807, 2.05) is 6.20 Å². The van der Waals surface area contributed by atoms with Gasteiger partial charge in [0, 0.05) is 17.5 Å². The van der Waals surface area contributed by atoms with Crippen LogP contribution in [0, 0.1) is 5.92 Å². The predicted molar refractivity (Wildman–Crippen MR) is 48.4 cm³/mol. The summed E-state index contributed by atoms with van der Waals surface area (Å²) >= 11 is 0. The summed E-state index contributed by atoms with van der Waals surface area (Å²) in [5.74, 6) is 1.59. The van der Waals surface area contributed by atoms with E-state index in [4.69, 9.17) is 4.52 Å². The molecule has 2 heterocycles. The SMILES string of the molecule is c1nocc1C1CC2CCNC1C2. The summed E-state index contributed by atoms with van der Waals surface area (Å²) in [6.07, 6.45) is 7.67. The maximum absolute atomic E-state index is 4.90. The zero-order chi connectivity index (χ0) is 8.67. The van der Waals surface area contributed by atoms with Gasteiger partial charge in [0.15, 0.2) is 0 Å². The van der Waals surface area contributed by atoms with Crippen LogP contribution >= 0.6 is 0 Å². The fourth-order valence-corrected chi connectivity index (χ4v) is 2.84. The number of aromatic nitrogens is 1. The molecule has 70 valence electrons. The fraction of sp³-hybridized carbons (Fsp3) is 0.700. The van der Waals surface area contributed by atoms with Crippen molar-refractivity contribution in [2.24, 2.45) is 5.92 Å². The van der Waals surface area contributed by atoms with Crippen molar-refractivity contribution in [3.05, 3.63) is 18.0 Å². The molecule has 1 N–H and O–H groups in total. The lowest BCUT2D eigenvalue weighted by Gasteiger charge is -2.22. The minimum absolute atomic E-state index is 0.652. The molecule has 3 rings (SSSR count). The standard InChI is InChI=1S/C10H14N2O/c1-2-11-10-4-7(1)3-9(10)8-5-12-13-6-8/h5-7,9-11H,1-4H2. The number of hydrogen-bond acceptors (Lipinski definition) is 3. The van der Waals surface area contributed by atoms with Gasteiger partial charge in [-0.15, -0.1) is 0 Å². The molecule has 0 aromatic carbocycles. The Morgan fingerprint density at radius 1 is 1.46 bits per heavy atom. The molecule has 3 nitrogen and oxygen atoms in total. The highest BCUT2D eigenvalue weighted by molar-refractivity contribution is 5.16. The number of piperidine rings is 1. The molecular formula is C10H14N2O. The normalized spacial score (nSPS) is 38.0. The van der Waals surface area contributed by atoms with Crippen LogP contribution in [0.15, 0.2) is 17.0 Å². The molecule has 13 heavy (non-hydrogen) atoms. The Morgan fingerprint density at radius 2 is 2.46 bits per heavy atom. The molecule has 2 bridgehead atoms. The first-order valence-corrected chi connectivity index (χ1v) is 5.06. The van der Waals surface area contributed by atoms with E-state index in [1.165, 1.54) is 31.4 Å². The Bertz CT molecular complexity index is 283. The third-order valence-electron chi connectivity index (χ3n) is 3.50. The van der Waals surface area contributed by atoms with Gasteiger partial charge in [-0.05, 0) is 31.7 Å². The average Bonchev–Trinajstić information content (AvgIpc) is 2.74. The highest BCUT2D eigenvalue weighted by Crippen LogP contribution is 2.41. The second-order valence-electron chi connectivity index (χ2n) is 4.25. The van der Waals surface area contributed by atoms with Crippen LogP contribution < -0.4 is 5.32 Å². The van der Waals surface area contributed by atoms with E-state index in [2.05, 4.69) is 10.5 Å². The fourth-order valence-electron chi connectivity index (χ4n) is 2.84. The molecule has 2 aliphatic rings. The third kappa shape index (κ3) is 1.18. The molecule has 1 aliphatic carbocycles. The van der Waals surface area contributed by atoms with E-state index < -0.39 is 0 Å². The Hall–Kier alpha value is -0.830. The maximum atomic E-state index is 4.90. The van der Waals surface area contributed by atoms with Crippen molar-refractivity contribution >= 4 is 0 Å². The highest BCUT2D eigenvalue weighted by Gasteiger charge is 2.38. The van der Waals surface area contributed by atoms with E-state index in [-0.39, 0.29) is 0 Å². The van der Waals surface area contributed by atoms with Crippen LogP contribution in [-0.4, -0.2) is 17.7 Å². The Balaban J connectivity index is 1.86. The van der Waals surface area contributed by atoms with Crippen molar-refractivity contribution in [1.29, 1.82) is 0 Å². The van der Waals surface area contributed by atoms with Gasteiger partial charge in [0.25, 0.3) is 0 Å². The summed E-state index contributed by atoms with van der Waals surface area (Å²) in [6, 6.07) is 0.679. The number of fused-ring (bicyclic) bond motifs is 2. The Morgan fingerprint density at radius 3 is 3.23 bits per heavy atom. The number of hydrogen-bond donors (Lipinski definition) is 1. The van der Waals surface area contributed by atoms with Crippen molar-refractivity contribution in [2.45, 2.75) is 31.2 Å². The summed E-state index contributed by atoms with van der Waals surface area (Å²) < 4.78 is 4.90. The van der Waals surface area contributed by atoms with E-state index in [9.17, 15) is 0 Å². The van der Waals surface area contributed by atoms with Gasteiger partial charge >= 0.3 is 0 Å². The van der Waals surface area contributed by atoms with Crippen molar-refractivity contribution in [3.8, 4) is 0 Å².